The molecule has 1 aliphatic carbocycles. The zero-order valence-electron chi connectivity index (χ0n) is 16.9. The summed E-state index contributed by atoms with van der Waals surface area (Å²) in [5.74, 6) is -1.02. The van der Waals surface area contributed by atoms with Crippen LogP contribution in [0.2, 0.25) is 0 Å². The molecule has 0 spiro atoms. The summed E-state index contributed by atoms with van der Waals surface area (Å²) in [4.78, 5) is 28.8. The molecule has 160 valence electrons. The highest BCUT2D eigenvalue weighted by molar-refractivity contribution is 5.94. The van der Waals surface area contributed by atoms with Gasteiger partial charge in [-0.15, -0.1) is 0 Å². The first kappa shape index (κ1) is 20.8. The van der Waals surface area contributed by atoms with Gasteiger partial charge in [0.15, 0.2) is 0 Å². The van der Waals surface area contributed by atoms with Gasteiger partial charge >= 0.3 is 0 Å². The third-order valence-corrected chi connectivity index (χ3v) is 5.57. The van der Waals surface area contributed by atoms with Gasteiger partial charge < -0.3 is 10.6 Å². The Hall–Kier alpha value is -3.49. The van der Waals surface area contributed by atoms with Crippen molar-refractivity contribution in [1.29, 1.82) is 0 Å². The zero-order valence-corrected chi connectivity index (χ0v) is 16.9. The molecule has 0 aliphatic heterocycles. The monoisotopic (exact) mass is 424 g/mol. The van der Waals surface area contributed by atoms with E-state index in [1.165, 1.54) is 18.3 Å². The van der Waals surface area contributed by atoms with Gasteiger partial charge in [-0.3, -0.25) is 14.8 Å². The topological polar surface area (TPSA) is 92.7 Å². The summed E-state index contributed by atoms with van der Waals surface area (Å²) in [6.45, 7) is 0.267. The van der Waals surface area contributed by atoms with Gasteiger partial charge in [-0.25, -0.2) is 18.7 Å². The number of carbonyl (C=O) groups is 1. The summed E-state index contributed by atoms with van der Waals surface area (Å²) in [6, 6.07) is 6.13. The lowest BCUT2D eigenvalue weighted by Crippen LogP contribution is -2.37. The minimum absolute atomic E-state index is 0.210. The number of hydrogen-bond donors (Lipinski definition) is 2. The van der Waals surface area contributed by atoms with Gasteiger partial charge in [0, 0.05) is 61.3 Å². The molecule has 3 aromatic rings. The number of halogens is 2. The third-order valence-electron chi connectivity index (χ3n) is 5.57. The summed E-state index contributed by atoms with van der Waals surface area (Å²) in [6.07, 6.45) is 6.45. The first-order valence-electron chi connectivity index (χ1n) is 10.1. The maximum absolute atomic E-state index is 14.3. The van der Waals surface area contributed by atoms with E-state index in [0.29, 0.717) is 35.6 Å². The molecule has 0 aromatic carbocycles. The number of hydrogen-bond acceptors (Lipinski definition) is 6. The van der Waals surface area contributed by atoms with Crippen molar-refractivity contribution in [3.8, 4) is 11.3 Å². The average molecular weight is 424 g/mol. The quantitative estimate of drug-likeness (QED) is 0.604. The van der Waals surface area contributed by atoms with Crippen LogP contribution in [-0.4, -0.2) is 45.6 Å². The van der Waals surface area contributed by atoms with E-state index in [2.05, 4.69) is 30.6 Å². The number of rotatable bonds is 7. The summed E-state index contributed by atoms with van der Waals surface area (Å²) < 4.78 is 28.4. The largest absolute Gasteiger partial charge is 0.355 e. The molecule has 0 radical (unpaired) electrons. The summed E-state index contributed by atoms with van der Waals surface area (Å²) in [5.41, 5.74) is 1.95. The van der Waals surface area contributed by atoms with Crippen LogP contribution in [0.5, 0.6) is 0 Å². The van der Waals surface area contributed by atoms with Crippen LogP contribution in [0.1, 0.15) is 34.8 Å². The molecule has 7 nitrogen and oxygen atoms in total. The molecular weight excluding hydrogens is 402 g/mol. The Bertz CT molecular complexity index is 1060. The average Bonchev–Trinajstić information content (AvgIpc) is 2.81. The van der Waals surface area contributed by atoms with E-state index in [9.17, 15) is 13.6 Å². The SMILES string of the molecule is CNC(=O)c1ccnc(-c2cnc(NC[C@H](c3ncccc3F)C3CC[C@@H]3F)nc2)c1. The standard InChI is InChI=1S/C22H22F2N6O/c1-25-21(31)13-6-8-26-19(9-13)14-10-28-22(29-11-14)30-12-16(15-4-5-17(15)23)20-18(24)3-2-7-27-20/h2-3,6-11,15-17H,4-5,12H2,1H3,(H,25,31)(H,28,29,30)/t15?,16-,17-/m0/s1. The lowest BCUT2D eigenvalue weighted by Gasteiger charge is -2.37. The van der Waals surface area contributed by atoms with Gasteiger partial charge in [0.2, 0.25) is 5.95 Å². The molecule has 9 heteroatoms. The zero-order chi connectivity index (χ0) is 21.8. The Morgan fingerprint density at radius 3 is 2.61 bits per heavy atom. The van der Waals surface area contributed by atoms with Crippen molar-refractivity contribution in [3.63, 3.8) is 0 Å². The molecule has 4 rings (SSSR count). The molecule has 0 bridgehead atoms. The van der Waals surface area contributed by atoms with Crippen LogP contribution < -0.4 is 10.6 Å². The van der Waals surface area contributed by atoms with Crippen LogP contribution in [0.15, 0.2) is 49.1 Å². The molecule has 1 saturated carbocycles. The number of anilines is 1. The van der Waals surface area contributed by atoms with Crippen LogP contribution >= 0.6 is 0 Å². The number of carbonyl (C=O) groups excluding carboxylic acids is 1. The first-order chi connectivity index (χ1) is 15.1. The van der Waals surface area contributed by atoms with E-state index in [1.807, 2.05) is 0 Å². The summed E-state index contributed by atoms with van der Waals surface area (Å²) in [7, 11) is 1.56. The number of nitrogens with zero attached hydrogens (tertiary/aromatic N) is 4. The van der Waals surface area contributed by atoms with Gasteiger partial charge in [0.1, 0.15) is 12.0 Å². The Morgan fingerprint density at radius 1 is 1.16 bits per heavy atom. The highest BCUT2D eigenvalue weighted by Crippen LogP contribution is 2.41. The van der Waals surface area contributed by atoms with Crippen LogP contribution in [0.3, 0.4) is 0 Å². The number of alkyl halides is 1. The van der Waals surface area contributed by atoms with Crippen molar-refractivity contribution < 1.29 is 13.6 Å². The van der Waals surface area contributed by atoms with Crippen molar-refractivity contribution in [2.75, 3.05) is 18.9 Å². The van der Waals surface area contributed by atoms with Crippen molar-refractivity contribution in [2.45, 2.75) is 24.9 Å². The minimum Gasteiger partial charge on any atom is -0.355 e. The van der Waals surface area contributed by atoms with Crippen LogP contribution in [0.25, 0.3) is 11.3 Å². The first-order valence-corrected chi connectivity index (χ1v) is 10.1. The van der Waals surface area contributed by atoms with Gasteiger partial charge in [-0.2, -0.15) is 0 Å². The third kappa shape index (κ3) is 4.50. The van der Waals surface area contributed by atoms with Gasteiger partial charge in [0.25, 0.3) is 5.91 Å². The van der Waals surface area contributed by atoms with Crippen molar-refractivity contribution >= 4 is 11.9 Å². The summed E-state index contributed by atoms with van der Waals surface area (Å²) in [5, 5.41) is 5.65. The second-order valence-corrected chi connectivity index (χ2v) is 7.42. The predicted molar refractivity (Wildman–Crippen MR) is 112 cm³/mol. The van der Waals surface area contributed by atoms with Crippen LogP contribution in [0, 0.1) is 11.7 Å². The van der Waals surface area contributed by atoms with E-state index in [-0.39, 0.29) is 24.1 Å². The van der Waals surface area contributed by atoms with Crippen molar-refractivity contribution in [1.82, 2.24) is 25.3 Å². The van der Waals surface area contributed by atoms with E-state index in [1.54, 1.807) is 37.8 Å². The molecule has 1 aliphatic rings. The second kappa shape index (κ2) is 9.11. The lowest BCUT2D eigenvalue weighted by molar-refractivity contribution is 0.0893. The molecule has 31 heavy (non-hydrogen) atoms. The molecule has 2 N–H and O–H groups in total. The fraction of sp³-hybridized carbons (Fsp3) is 0.318. The maximum Gasteiger partial charge on any atom is 0.251 e. The van der Waals surface area contributed by atoms with Crippen LogP contribution in [-0.2, 0) is 0 Å². The van der Waals surface area contributed by atoms with Crippen molar-refractivity contribution in [3.05, 3.63) is 66.1 Å². The molecule has 3 heterocycles. The van der Waals surface area contributed by atoms with E-state index >= 15 is 0 Å². The molecule has 3 aromatic heterocycles. The number of nitrogens with one attached hydrogen (secondary N) is 2. The fourth-order valence-corrected chi connectivity index (χ4v) is 3.69. The Morgan fingerprint density at radius 2 is 1.97 bits per heavy atom. The number of aromatic nitrogens is 4. The Labute approximate surface area is 178 Å². The Kier molecular flexibility index (Phi) is 6.11. The number of pyridine rings is 2. The maximum atomic E-state index is 14.3. The predicted octanol–water partition coefficient (Wildman–Crippen LogP) is 3.38. The van der Waals surface area contributed by atoms with Crippen molar-refractivity contribution in [2.24, 2.45) is 5.92 Å². The van der Waals surface area contributed by atoms with E-state index in [0.717, 1.165) is 0 Å². The number of amides is 1. The molecule has 1 fully saturated rings. The highest BCUT2D eigenvalue weighted by atomic mass is 19.1. The van der Waals surface area contributed by atoms with E-state index < -0.39 is 17.9 Å². The fourth-order valence-electron chi connectivity index (χ4n) is 3.69. The van der Waals surface area contributed by atoms with E-state index in [4.69, 9.17) is 0 Å². The van der Waals surface area contributed by atoms with Gasteiger partial charge in [-0.1, -0.05) is 0 Å². The molecular formula is C22H22F2N6O. The minimum atomic E-state index is -0.963. The Balaban J connectivity index is 1.48. The lowest BCUT2D eigenvalue weighted by atomic mass is 9.72. The highest BCUT2D eigenvalue weighted by Gasteiger charge is 2.39. The van der Waals surface area contributed by atoms with Crippen LogP contribution in [0.4, 0.5) is 14.7 Å². The molecule has 1 amide bonds. The molecule has 0 saturated heterocycles. The second-order valence-electron chi connectivity index (χ2n) is 7.42. The van der Waals surface area contributed by atoms with Gasteiger partial charge in [0.05, 0.1) is 11.4 Å². The van der Waals surface area contributed by atoms with Gasteiger partial charge in [-0.05, 0) is 37.1 Å². The molecule has 1 unspecified atom stereocenters. The normalized spacial score (nSPS) is 18.7. The summed E-state index contributed by atoms with van der Waals surface area (Å²) >= 11 is 0. The molecule has 3 atom stereocenters. The smallest absolute Gasteiger partial charge is 0.251 e.